The Balaban J connectivity index is 2.10. The Morgan fingerprint density at radius 2 is 1.95 bits per heavy atom. The third-order valence-corrected chi connectivity index (χ3v) is 3.60. The van der Waals surface area contributed by atoms with Crippen molar-refractivity contribution in [2.45, 2.75) is 32.2 Å². The lowest BCUT2D eigenvalue weighted by atomic mass is 10.0. The summed E-state index contributed by atoms with van der Waals surface area (Å²) >= 11 is 0. The maximum atomic E-state index is 12.1. The van der Waals surface area contributed by atoms with Crippen LogP contribution in [0.25, 0.3) is 10.8 Å². The monoisotopic (exact) mass is 270 g/mol. The number of carbonyl (C=O) groups excluding carboxylic acids is 1. The highest BCUT2D eigenvalue weighted by Crippen LogP contribution is 2.18. The lowest BCUT2D eigenvalue weighted by Gasteiger charge is -2.16. The van der Waals surface area contributed by atoms with Crippen molar-refractivity contribution in [3.63, 3.8) is 0 Å². The molecule has 106 valence electrons. The van der Waals surface area contributed by atoms with E-state index < -0.39 is 0 Å². The van der Waals surface area contributed by atoms with Gasteiger partial charge in [0.1, 0.15) is 0 Å². The fraction of sp³-hybridized carbons (Fsp3) is 0.353. The van der Waals surface area contributed by atoms with Crippen LogP contribution in [0.2, 0.25) is 0 Å². The standard InChI is InChI=1S/C17H22N2O/c1-2-15(10-11-18)19-17(20)12-14-8-5-7-13-6-3-4-9-16(13)14/h3-9,15H,2,10-12,18H2,1H3,(H,19,20). The minimum absolute atomic E-state index is 0.0710. The van der Waals surface area contributed by atoms with Crippen LogP contribution in [-0.2, 0) is 11.2 Å². The number of hydrogen-bond donors (Lipinski definition) is 2. The average Bonchev–Trinajstić information content (AvgIpc) is 2.47. The summed E-state index contributed by atoms with van der Waals surface area (Å²) in [5.41, 5.74) is 6.63. The topological polar surface area (TPSA) is 55.1 Å². The second-order valence-corrected chi connectivity index (χ2v) is 5.07. The largest absolute Gasteiger partial charge is 0.353 e. The predicted molar refractivity (Wildman–Crippen MR) is 83.5 cm³/mol. The fourth-order valence-electron chi connectivity index (χ4n) is 2.48. The van der Waals surface area contributed by atoms with Gasteiger partial charge in [-0.2, -0.15) is 0 Å². The van der Waals surface area contributed by atoms with Gasteiger partial charge in [-0.25, -0.2) is 0 Å². The number of nitrogens with two attached hydrogens (primary N) is 1. The van der Waals surface area contributed by atoms with Crippen molar-refractivity contribution in [3.05, 3.63) is 48.0 Å². The van der Waals surface area contributed by atoms with E-state index in [1.165, 1.54) is 5.39 Å². The molecule has 1 amide bonds. The molecule has 3 heteroatoms. The molecule has 0 saturated carbocycles. The molecule has 0 aliphatic rings. The Kier molecular flexibility index (Phi) is 5.13. The van der Waals surface area contributed by atoms with Crippen molar-refractivity contribution in [1.29, 1.82) is 0 Å². The van der Waals surface area contributed by atoms with E-state index in [-0.39, 0.29) is 11.9 Å². The number of hydrogen-bond acceptors (Lipinski definition) is 2. The second kappa shape index (κ2) is 7.06. The number of carbonyl (C=O) groups is 1. The van der Waals surface area contributed by atoms with Gasteiger partial charge in [0.2, 0.25) is 5.91 Å². The van der Waals surface area contributed by atoms with E-state index in [9.17, 15) is 4.79 Å². The highest BCUT2D eigenvalue weighted by molar-refractivity contribution is 5.90. The van der Waals surface area contributed by atoms with Gasteiger partial charge >= 0.3 is 0 Å². The molecular formula is C17H22N2O. The van der Waals surface area contributed by atoms with Crippen LogP contribution in [0.5, 0.6) is 0 Å². The molecule has 0 aliphatic carbocycles. The summed E-state index contributed by atoms with van der Waals surface area (Å²) in [5.74, 6) is 0.0710. The van der Waals surface area contributed by atoms with Crippen LogP contribution >= 0.6 is 0 Å². The van der Waals surface area contributed by atoms with Crippen molar-refractivity contribution in [2.24, 2.45) is 5.73 Å². The number of amides is 1. The molecule has 0 radical (unpaired) electrons. The van der Waals surface area contributed by atoms with E-state index >= 15 is 0 Å². The van der Waals surface area contributed by atoms with Gasteiger partial charge in [-0.3, -0.25) is 4.79 Å². The van der Waals surface area contributed by atoms with Crippen molar-refractivity contribution in [3.8, 4) is 0 Å². The zero-order chi connectivity index (χ0) is 14.4. The molecular weight excluding hydrogens is 248 g/mol. The molecule has 0 fully saturated rings. The summed E-state index contributed by atoms with van der Waals surface area (Å²) in [6.07, 6.45) is 2.17. The molecule has 0 heterocycles. The first-order chi connectivity index (χ1) is 9.74. The van der Waals surface area contributed by atoms with Crippen molar-refractivity contribution in [1.82, 2.24) is 5.32 Å². The van der Waals surface area contributed by atoms with E-state index in [2.05, 4.69) is 30.4 Å². The van der Waals surface area contributed by atoms with E-state index in [0.717, 1.165) is 23.8 Å². The van der Waals surface area contributed by atoms with Crippen LogP contribution in [0, 0.1) is 0 Å². The molecule has 0 aliphatic heterocycles. The Morgan fingerprint density at radius 3 is 2.70 bits per heavy atom. The molecule has 2 aromatic rings. The Hall–Kier alpha value is -1.87. The molecule has 0 aromatic heterocycles. The summed E-state index contributed by atoms with van der Waals surface area (Å²) in [6.45, 7) is 2.67. The van der Waals surface area contributed by atoms with Gasteiger partial charge in [0.25, 0.3) is 0 Å². The molecule has 1 unspecified atom stereocenters. The Labute approximate surface area is 120 Å². The van der Waals surface area contributed by atoms with Crippen LogP contribution in [-0.4, -0.2) is 18.5 Å². The number of rotatable bonds is 6. The zero-order valence-corrected chi connectivity index (χ0v) is 11.9. The van der Waals surface area contributed by atoms with Crippen LogP contribution < -0.4 is 11.1 Å². The van der Waals surface area contributed by atoms with Gasteiger partial charge in [-0.1, -0.05) is 49.4 Å². The minimum atomic E-state index is 0.0710. The third-order valence-electron chi connectivity index (χ3n) is 3.60. The zero-order valence-electron chi connectivity index (χ0n) is 11.9. The van der Waals surface area contributed by atoms with Gasteiger partial charge in [0.05, 0.1) is 6.42 Å². The van der Waals surface area contributed by atoms with Gasteiger partial charge in [-0.05, 0) is 35.7 Å². The van der Waals surface area contributed by atoms with Gasteiger partial charge in [0.15, 0.2) is 0 Å². The second-order valence-electron chi connectivity index (χ2n) is 5.07. The van der Waals surface area contributed by atoms with Gasteiger partial charge in [0, 0.05) is 6.04 Å². The van der Waals surface area contributed by atoms with Crippen molar-refractivity contribution >= 4 is 16.7 Å². The summed E-state index contributed by atoms with van der Waals surface area (Å²) in [4.78, 5) is 12.1. The van der Waals surface area contributed by atoms with E-state index in [1.807, 2.05) is 24.3 Å². The maximum Gasteiger partial charge on any atom is 0.224 e. The lowest BCUT2D eigenvalue weighted by Crippen LogP contribution is -2.36. The first-order valence-corrected chi connectivity index (χ1v) is 7.20. The molecule has 2 rings (SSSR count). The van der Waals surface area contributed by atoms with Crippen LogP contribution in [0.4, 0.5) is 0 Å². The van der Waals surface area contributed by atoms with E-state index in [0.29, 0.717) is 13.0 Å². The smallest absolute Gasteiger partial charge is 0.224 e. The van der Waals surface area contributed by atoms with Crippen molar-refractivity contribution < 1.29 is 4.79 Å². The summed E-state index contributed by atoms with van der Waals surface area (Å²) < 4.78 is 0. The number of fused-ring (bicyclic) bond motifs is 1. The van der Waals surface area contributed by atoms with Crippen LogP contribution in [0.1, 0.15) is 25.3 Å². The normalized spacial score (nSPS) is 12.3. The molecule has 1 atom stereocenters. The molecule has 3 nitrogen and oxygen atoms in total. The van der Waals surface area contributed by atoms with E-state index in [4.69, 9.17) is 5.73 Å². The first kappa shape index (κ1) is 14.5. The summed E-state index contributed by atoms with van der Waals surface area (Å²) in [7, 11) is 0. The lowest BCUT2D eigenvalue weighted by molar-refractivity contribution is -0.121. The highest BCUT2D eigenvalue weighted by Gasteiger charge is 2.11. The predicted octanol–water partition coefficient (Wildman–Crippen LogP) is 2.63. The average molecular weight is 270 g/mol. The molecule has 20 heavy (non-hydrogen) atoms. The minimum Gasteiger partial charge on any atom is -0.353 e. The molecule has 0 spiro atoms. The molecule has 3 N–H and O–H groups in total. The third kappa shape index (κ3) is 3.58. The molecule has 2 aromatic carbocycles. The number of nitrogens with one attached hydrogen (secondary N) is 1. The quantitative estimate of drug-likeness (QED) is 0.847. The SMILES string of the molecule is CCC(CCN)NC(=O)Cc1cccc2ccccc12. The molecule has 0 bridgehead atoms. The van der Waals surface area contributed by atoms with Gasteiger partial charge < -0.3 is 11.1 Å². The first-order valence-electron chi connectivity index (χ1n) is 7.20. The molecule has 0 saturated heterocycles. The van der Waals surface area contributed by atoms with Crippen molar-refractivity contribution in [2.75, 3.05) is 6.54 Å². The summed E-state index contributed by atoms with van der Waals surface area (Å²) in [5, 5.41) is 5.38. The highest BCUT2D eigenvalue weighted by atomic mass is 16.1. The van der Waals surface area contributed by atoms with Crippen LogP contribution in [0.3, 0.4) is 0 Å². The van der Waals surface area contributed by atoms with Gasteiger partial charge in [-0.15, -0.1) is 0 Å². The number of benzene rings is 2. The Bertz CT molecular complexity index is 575. The summed E-state index contributed by atoms with van der Waals surface area (Å²) in [6, 6.07) is 14.4. The maximum absolute atomic E-state index is 12.1. The van der Waals surface area contributed by atoms with Crippen LogP contribution in [0.15, 0.2) is 42.5 Å². The van der Waals surface area contributed by atoms with E-state index in [1.54, 1.807) is 0 Å². The fourth-order valence-corrected chi connectivity index (χ4v) is 2.48. The Morgan fingerprint density at radius 1 is 1.20 bits per heavy atom.